The Hall–Kier alpha value is -4.07. The molecule has 8 nitrogen and oxygen atoms in total. The number of H-pyrrole nitrogens is 1. The first-order chi connectivity index (χ1) is 14.1. The zero-order valence-corrected chi connectivity index (χ0v) is 16.0. The Balaban J connectivity index is 1.60. The lowest BCUT2D eigenvalue weighted by Gasteiger charge is -2.07. The Kier molecular flexibility index (Phi) is 4.74. The van der Waals surface area contributed by atoms with Gasteiger partial charge in [-0.3, -0.25) is 14.6 Å². The van der Waals surface area contributed by atoms with Crippen molar-refractivity contribution in [1.82, 2.24) is 19.6 Å². The number of carbonyl (C=O) groups excluding carboxylic acids is 1. The minimum absolute atomic E-state index is 0.221. The number of hydrogen-bond donors (Lipinski definition) is 3. The van der Waals surface area contributed by atoms with Crippen LogP contribution in [0.4, 0.5) is 16.2 Å². The molecule has 0 atom stereocenters. The van der Waals surface area contributed by atoms with Crippen molar-refractivity contribution < 1.29 is 4.79 Å². The van der Waals surface area contributed by atoms with Gasteiger partial charge in [0.2, 0.25) is 0 Å². The predicted molar refractivity (Wildman–Crippen MR) is 112 cm³/mol. The van der Waals surface area contributed by atoms with Crippen molar-refractivity contribution in [1.29, 1.82) is 0 Å². The highest BCUT2D eigenvalue weighted by molar-refractivity contribution is 6.02. The molecule has 0 saturated heterocycles. The van der Waals surface area contributed by atoms with Gasteiger partial charge in [0.25, 0.3) is 5.56 Å². The van der Waals surface area contributed by atoms with E-state index in [-0.39, 0.29) is 11.2 Å². The van der Waals surface area contributed by atoms with Gasteiger partial charge in [0.15, 0.2) is 0 Å². The van der Waals surface area contributed by atoms with Crippen LogP contribution in [0.1, 0.15) is 5.69 Å². The van der Waals surface area contributed by atoms with E-state index in [0.717, 1.165) is 11.3 Å². The zero-order valence-electron chi connectivity index (χ0n) is 16.0. The Morgan fingerprint density at radius 1 is 1.00 bits per heavy atom. The van der Waals surface area contributed by atoms with Gasteiger partial charge in [-0.2, -0.15) is 5.10 Å². The molecule has 2 heterocycles. The Morgan fingerprint density at radius 2 is 1.66 bits per heavy atom. The highest BCUT2D eigenvalue weighted by Gasteiger charge is 2.19. The third-order valence-electron chi connectivity index (χ3n) is 4.74. The third kappa shape index (κ3) is 3.43. The lowest BCUT2D eigenvalue weighted by Crippen LogP contribution is -2.25. The average molecular weight is 388 g/mol. The minimum Gasteiger partial charge on any atom is -0.304 e. The molecule has 2 aromatic carbocycles. The molecule has 0 fully saturated rings. The Morgan fingerprint density at radius 3 is 2.34 bits per heavy atom. The van der Waals surface area contributed by atoms with Crippen LogP contribution in [0.25, 0.3) is 16.9 Å². The molecule has 4 rings (SSSR count). The fraction of sp³-hybridized carbons (Fsp3) is 0.0952. The zero-order chi connectivity index (χ0) is 20.4. The molecule has 0 bridgehead atoms. The molecule has 4 aromatic rings. The third-order valence-corrected chi connectivity index (χ3v) is 4.74. The first kappa shape index (κ1) is 18.3. The number of amides is 2. The normalized spacial score (nSPS) is 10.7. The summed E-state index contributed by atoms with van der Waals surface area (Å²) in [5.41, 5.74) is 3.38. The molecule has 0 aliphatic carbocycles. The highest BCUT2D eigenvalue weighted by atomic mass is 16.2. The summed E-state index contributed by atoms with van der Waals surface area (Å²) in [6.07, 6.45) is 1.53. The average Bonchev–Trinajstić information content (AvgIpc) is 3.28. The van der Waals surface area contributed by atoms with Gasteiger partial charge in [0.05, 0.1) is 29.0 Å². The first-order valence-electron chi connectivity index (χ1n) is 9.07. The standard InChI is InChI=1S/C21H20N6O2/c1-14-18(20(28)27(26(14)2)16-11-7-4-8-12-16)24-21(29)23-17-13-22-25-19(17)15-9-5-3-6-10-15/h3-13H,1-2H3,(H,22,25)(H2,23,24,29). The van der Waals surface area contributed by atoms with Crippen molar-refractivity contribution in [3.05, 3.63) is 82.9 Å². The van der Waals surface area contributed by atoms with Crippen molar-refractivity contribution in [2.24, 2.45) is 7.05 Å². The number of nitrogens with one attached hydrogen (secondary N) is 3. The summed E-state index contributed by atoms with van der Waals surface area (Å²) in [7, 11) is 1.77. The lowest BCUT2D eigenvalue weighted by molar-refractivity contribution is 0.262. The maximum Gasteiger partial charge on any atom is 0.323 e. The Labute approximate surface area is 166 Å². The number of aromatic amines is 1. The number of benzene rings is 2. The van der Waals surface area contributed by atoms with Crippen LogP contribution in [0.15, 0.2) is 71.7 Å². The van der Waals surface area contributed by atoms with E-state index in [9.17, 15) is 9.59 Å². The van der Waals surface area contributed by atoms with Gasteiger partial charge in [0.1, 0.15) is 5.69 Å². The second-order valence-corrected chi connectivity index (χ2v) is 6.54. The van der Waals surface area contributed by atoms with Gasteiger partial charge >= 0.3 is 6.03 Å². The van der Waals surface area contributed by atoms with Crippen LogP contribution in [0.5, 0.6) is 0 Å². The first-order valence-corrected chi connectivity index (χ1v) is 9.07. The van der Waals surface area contributed by atoms with Crippen LogP contribution in [-0.4, -0.2) is 25.6 Å². The molecule has 0 unspecified atom stereocenters. The van der Waals surface area contributed by atoms with E-state index in [2.05, 4.69) is 20.8 Å². The SMILES string of the molecule is Cc1c(NC(=O)Nc2cn[nH]c2-c2ccccc2)c(=O)n(-c2ccccc2)n1C. The number of carbonyl (C=O) groups is 1. The number of hydrogen-bond acceptors (Lipinski definition) is 3. The summed E-state index contributed by atoms with van der Waals surface area (Å²) in [5.74, 6) is 0. The van der Waals surface area contributed by atoms with Crippen molar-refractivity contribution in [3.63, 3.8) is 0 Å². The molecule has 8 heteroatoms. The minimum atomic E-state index is -0.519. The van der Waals surface area contributed by atoms with Gasteiger partial charge in [-0.25, -0.2) is 9.48 Å². The molecular weight excluding hydrogens is 368 g/mol. The summed E-state index contributed by atoms with van der Waals surface area (Å²) < 4.78 is 3.22. The lowest BCUT2D eigenvalue weighted by atomic mass is 10.1. The van der Waals surface area contributed by atoms with E-state index < -0.39 is 6.03 Å². The molecule has 29 heavy (non-hydrogen) atoms. The fourth-order valence-corrected chi connectivity index (χ4v) is 3.19. The number of anilines is 2. The number of nitrogens with zero attached hydrogens (tertiary/aromatic N) is 3. The largest absolute Gasteiger partial charge is 0.323 e. The maximum absolute atomic E-state index is 12.9. The highest BCUT2D eigenvalue weighted by Crippen LogP contribution is 2.25. The van der Waals surface area contributed by atoms with E-state index in [1.807, 2.05) is 60.7 Å². The fourth-order valence-electron chi connectivity index (χ4n) is 3.19. The van der Waals surface area contributed by atoms with E-state index >= 15 is 0 Å². The van der Waals surface area contributed by atoms with Gasteiger partial charge in [-0.1, -0.05) is 48.5 Å². The van der Waals surface area contributed by atoms with Gasteiger partial charge in [0, 0.05) is 12.6 Å². The second-order valence-electron chi connectivity index (χ2n) is 6.54. The monoisotopic (exact) mass is 388 g/mol. The molecule has 0 radical (unpaired) electrons. The topological polar surface area (TPSA) is 96.7 Å². The summed E-state index contributed by atoms with van der Waals surface area (Å²) in [5, 5.41) is 12.3. The van der Waals surface area contributed by atoms with Crippen molar-refractivity contribution in [2.45, 2.75) is 6.92 Å². The van der Waals surface area contributed by atoms with Gasteiger partial charge in [-0.15, -0.1) is 0 Å². The molecule has 2 aromatic heterocycles. The molecule has 146 valence electrons. The number of aromatic nitrogens is 4. The van der Waals surface area contributed by atoms with E-state index in [0.29, 0.717) is 17.1 Å². The summed E-state index contributed by atoms with van der Waals surface area (Å²) >= 11 is 0. The summed E-state index contributed by atoms with van der Waals surface area (Å²) in [6, 6.07) is 18.3. The van der Waals surface area contributed by atoms with Crippen molar-refractivity contribution >= 4 is 17.4 Å². The van der Waals surface area contributed by atoms with Crippen LogP contribution in [0, 0.1) is 6.92 Å². The molecular formula is C21H20N6O2. The van der Waals surface area contributed by atoms with Crippen LogP contribution < -0.4 is 16.2 Å². The van der Waals surface area contributed by atoms with Crippen LogP contribution in [-0.2, 0) is 7.05 Å². The number of rotatable bonds is 4. The quantitative estimate of drug-likeness (QED) is 0.499. The molecule has 0 spiro atoms. The van der Waals surface area contributed by atoms with Gasteiger partial charge < -0.3 is 10.6 Å². The smallest absolute Gasteiger partial charge is 0.304 e. The van der Waals surface area contributed by atoms with Gasteiger partial charge in [-0.05, 0) is 19.1 Å². The molecule has 0 aliphatic heterocycles. The molecule has 0 aliphatic rings. The van der Waals surface area contributed by atoms with Crippen molar-refractivity contribution in [2.75, 3.05) is 10.6 Å². The van der Waals surface area contributed by atoms with E-state index in [1.54, 1.807) is 18.7 Å². The number of urea groups is 1. The predicted octanol–water partition coefficient (Wildman–Crippen LogP) is 3.52. The number of para-hydroxylation sites is 1. The maximum atomic E-state index is 12.9. The summed E-state index contributed by atoms with van der Waals surface area (Å²) in [6.45, 7) is 1.78. The molecule has 3 N–H and O–H groups in total. The van der Waals surface area contributed by atoms with E-state index in [1.165, 1.54) is 10.9 Å². The molecule has 2 amide bonds. The second kappa shape index (κ2) is 7.51. The van der Waals surface area contributed by atoms with E-state index in [4.69, 9.17) is 0 Å². The van der Waals surface area contributed by atoms with Crippen LogP contribution >= 0.6 is 0 Å². The van der Waals surface area contributed by atoms with Crippen molar-refractivity contribution in [3.8, 4) is 16.9 Å². The molecule has 0 saturated carbocycles. The summed E-state index contributed by atoms with van der Waals surface area (Å²) in [4.78, 5) is 25.5. The Bertz CT molecular complexity index is 1210. The van der Waals surface area contributed by atoms with Crippen LogP contribution in [0.3, 0.4) is 0 Å². The van der Waals surface area contributed by atoms with Crippen LogP contribution in [0.2, 0.25) is 0 Å².